The fourth-order valence-electron chi connectivity index (χ4n) is 1.05. The van der Waals surface area contributed by atoms with Crippen LogP contribution in [0.3, 0.4) is 0 Å². The maximum absolute atomic E-state index is 11.0. The minimum atomic E-state index is -0.836. The van der Waals surface area contributed by atoms with Crippen molar-refractivity contribution < 1.29 is 9.90 Å². The molecule has 1 unspecified atom stereocenters. The molecular weight excluding hydrogens is 234 g/mol. The molecule has 5 heteroatoms. The standard InChI is InChI=1S/C10H12ClNO2S/c1-6(2)8(10(13)14)15-9-7(11)4-3-5-12-9/h3-6,8H,1-2H3,(H,13,14). The van der Waals surface area contributed by atoms with Crippen LogP contribution in [0.5, 0.6) is 0 Å². The Morgan fingerprint density at radius 1 is 1.60 bits per heavy atom. The van der Waals surface area contributed by atoms with Crippen molar-refractivity contribution >= 4 is 29.3 Å². The first-order valence-electron chi connectivity index (χ1n) is 4.52. The highest BCUT2D eigenvalue weighted by Crippen LogP contribution is 2.31. The fraction of sp³-hybridized carbons (Fsp3) is 0.400. The summed E-state index contributed by atoms with van der Waals surface area (Å²) in [6.07, 6.45) is 1.60. The van der Waals surface area contributed by atoms with Crippen LogP contribution in [0.1, 0.15) is 13.8 Å². The molecule has 0 bridgehead atoms. The van der Waals surface area contributed by atoms with Crippen LogP contribution < -0.4 is 0 Å². The Labute approximate surface area is 97.9 Å². The second-order valence-corrected chi connectivity index (χ2v) is 4.95. The van der Waals surface area contributed by atoms with Gasteiger partial charge in [-0.1, -0.05) is 37.2 Å². The molecule has 1 N–H and O–H groups in total. The van der Waals surface area contributed by atoms with Gasteiger partial charge in [0.1, 0.15) is 10.3 Å². The van der Waals surface area contributed by atoms with Gasteiger partial charge in [0.25, 0.3) is 0 Å². The van der Waals surface area contributed by atoms with E-state index in [-0.39, 0.29) is 5.92 Å². The van der Waals surface area contributed by atoms with Crippen LogP contribution >= 0.6 is 23.4 Å². The Bertz CT molecular complexity index is 357. The highest BCUT2D eigenvalue weighted by Gasteiger charge is 2.24. The number of rotatable bonds is 4. The molecule has 1 aromatic heterocycles. The minimum Gasteiger partial charge on any atom is -0.480 e. The van der Waals surface area contributed by atoms with E-state index in [9.17, 15) is 4.79 Å². The molecule has 1 rings (SSSR count). The molecule has 0 radical (unpaired) electrons. The van der Waals surface area contributed by atoms with E-state index in [1.165, 1.54) is 11.8 Å². The second-order valence-electron chi connectivity index (χ2n) is 3.41. The average molecular weight is 246 g/mol. The van der Waals surface area contributed by atoms with Gasteiger partial charge in [-0.15, -0.1) is 0 Å². The van der Waals surface area contributed by atoms with Gasteiger partial charge in [-0.2, -0.15) is 0 Å². The molecule has 1 aromatic rings. The third-order valence-corrected chi connectivity index (χ3v) is 3.78. The Morgan fingerprint density at radius 2 is 2.27 bits per heavy atom. The first-order chi connectivity index (χ1) is 7.02. The molecule has 1 atom stereocenters. The lowest BCUT2D eigenvalue weighted by Crippen LogP contribution is -2.22. The summed E-state index contributed by atoms with van der Waals surface area (Å²) in [5, 5.41) is 9.55. The monoisotopic (exact) mass is 245 g/mol. The zero-order chi connectivity index (χ0) is 11.4. The number of hydrogen-bond acceptors (Lipinski definition) is 3. The van der Waals surface area contributed by atoms with Crippen LogP contribution in [-0.4, -0.2) is 21.3 Å². The zero-order valence-corrected chi connectivity index (χ0v) is 10.0. The van der Waals surface area contributed by atoms with Crippen molar-refractivity contribution in [1.29, 1.82) is 0 Å². The first kappa shape index (κ1) is 12.3. The van der Waals surface area contributed by atoms with Gasteiger partial charge < -0.3 is 5.11 Å². The molecular formula is C10H12ClNO2S. The van der Waals surface area contributed by atoms with E-state index in [4.69, 9.17) is 16.7 Å². The van der Waals surface area contributed by atoms with Crippen LogP contribution in [0, 0.1) is 5.92 Å². The quantitative estimate of drug-likeness (QED) is 0.829. The molecule has 3 nitrogen and oxygen atoms in total. The lowest BCUT2D eigenvalue weighted by molar-refractivity contribution is -0.137. The summed E-state index contributed by atoms with van der Waals surface area (Å²) in [6.45, 7) is 3.73. The highest BCUT2D eigenvalue weighted by atomic mass is 35.5. The number of hydrogen-bond donors (Lipinski definition) is 1. The van der Waals surface area contributed by atoms with E-state index in [0.717, 1.165) is 0 Å². The van der Waals surface area contributed by atoms with Crippen molar-refractivity contribution in [2.75, 3.05) is 0 Å². The lowest BCUT2D eigenvalue weighted by atomic mass is 10.1. The topological polar surface area (TPSA) is 50.2 Å². The van der Waals surface area contributed by atoms with Gasteiger partial charge in [0.05, 0.1) is 5.02 Å². The maximum Gasteiger partial charge on any atom is 0.317 e. The Hall–Kier alpha value is -0.740. The zero-order valence-electron chi connectivity index (χ0n) is 8.48. The van der Waals surface area contributed by atoms with E-state index >= 15 is 0 Å². The maximum atomic E-state index is 11.0. The lowest BCUT2D eigenvalue weighted by Gasteiger charge is -2.15. The normalized spacial score (nSPS) is 12.8. The van der Waals surface area contributed by atoms with Crippen molar-refractivity contribution in [3.63, 3.8) is 0 Å². The van der Waals surface area contributed by atoms with Crippen LogP contribution in [-0.2, 0) is 4.79 Å². The van der Waals surface area contributed by atoms with Crippen molar-refractivity contribution in [2.45, 2.75) is 24.1 Å². The molecule has 0 spiro atoms. The first-order valence-corrected chi connectivity index (χ1v) is 5.78. The molecule has 15 heavy (non-hydrogen) atoms. The van der Waals surface area contributed by atoms with Gasteiger partial charge in [0, 0.05) is 6.20 Å². The van der Waals surface area contributed by atoms with E-state index in [2.05, 4.69) is 4.98 Å². The minimum absolute atomic E-state index is 0.0329. The molecule has 0 aromatic carbocycles. The number of halogens is 1. The van der Waals surface area contributed by atoms with Crippen molar-refractivity contribution in [1.82, 2.24) is 4.98 Å². The largest absolute Gasteiger partial charge is 0.480 e. The third-order valence-electron chi connectivity index (χ3n) is 1.81. The molecule has 0 saturated heterocycles. The SMILES string of the molecule is CC(C)C(Sc1ncccc1Cl)C(=O)O. The molecule has 0 aliphatic rings. The molecule has 0 amide bonds. The predicted octanol–water partition coefficient (Wildman–Crippen LogP) is 2.94. The molecule has 0 saturated carbocycles. The number of nitrogens with zero attached hydrogens (tertiary/aromatic N) is 1. The summed E-state index contributed by atoms with van der Waals surface area (Å²) in [5.41, 5.74) is 0. The van der Waals surface area contributed by atoms with E-state index < -0.39 is 11.2 Å². The fourth-order valence-corrected chi connectivity index (χ4v) is 2.22. The summed E-state index contributed by atoms with van der Waals surface area (Å²) in [6, 6.07) is 3.42. The number of carbonyl (C=O) groups is 1. The predicted molar refractivity (Wildman–Crippen MR) is 61.4 cm³/mol. The number of aromatic nitrogens is 1. The van der Waals surface area contributed by atoms with Crippen LogP contribution in [0.15, 0.2) is 23.4 Å². The molecule has 0 aliphatic carbocycles. The van der Waals surface area contributed by atoms with Crippen LogP contribution in [0.2, 0.25) is 5.02 Å². The average Bonchev–Trinajstić information content (AvgIpc) is 2.15. The highest BCUT2D eigenvalue weighted by molar-refractivity contribution is 8.00. The smallest absolute Gasteiger partial charge is 0.317 e. The summed E-state index contributed by atoms with van der Waals surface area (Å²) in [5.74, 6) is -0.803. The van der Waals surface area contributed by atoms with Crippen molar-refractivity contribution in [2.24, 2.45) is 5.92 Å². The van der Waals surface area contributed by atoms with E-state index in [1.807, 2.05) is 13.8 Å². The van der Waals surface area contributed by atoms with Crippen molar-refractivity contribution in [3.05, 3.63) is 23.4 Å². The van der Waals surface area contributed by atoms with E-state index in [0.29, 0.717) is 10.0 Å². The number of pyridine rings is 1. The van der Waals surface area contributed by atoms with E-state index in [1.54, 1.807) is 18.3 Å². The number of carboxylic acid groups (broad SMARTS) is 1. The summed E-state index contributed by atoms with van der Waals surface area (Å²) >= 11 is 7.09. The van der Waals surface area contributed by atoms with Gasteiger partial charge in [-0.05, 0) is 18.1 Å². The van der Waals surface area contributed by atoms with Crippen molar-refractivity contribution in [3.8, 4) is 0 Å². The van der Waals surface area contributed by atoms with Gasteiger partial charge in [-0.25, -0.2) is 4.98 Å². The third kappa shape index (κ3) is 3.39. The molecule has 0 fully saturated rings. The van der Waals surface area contributed by atoms with Crippen LogP contribution in [0.4, 0.5) is 0 Å². The van der Waals surface area contributed by atoms with Gasteiger partial charge >= 0.3 is 5.97 Å². The molecule has 82 valence electrons. The Kier molecular flexibility index (Phi) is 4.42. The Balaban J connectivity index is 2.84. The second kappa shape index (κ2) is 5.37. The number of thioether (sulfide) groups is 1. The van der Waals surface area contributed by atoms with Gasteiger partial charge in [-0.3, -0.25) is 4.79 Å². The molecule has 0 aliphatic heterocycles. The Morgan fingerprint density at radius 3 is 2.73 bits per heavy atom. The number of carboxylic acids is 1. The molecule has 1 heterocycles. The number of aliphatic carboxylic acids is 1. The van der Waals surface area contributed by atoms with Gasteiger partial charge in [0.2, 0.25) is 0 Å². The summed E-state index contributed by atoms with van der Waals surface area (Å²) in [4.78, 5) is 15.0. The van der Waals surface area contributed by atoms with Gasteiger partial charge in [0.15, 0.2) is 0 Å². The van der Waals surface area contributed by atoms with Crippen LogP contribution in [0.25, 0.3) is 0 Å². The summed E-state index contributed by atoms with van der Waals surface area (Å²) in [7, 11) is 0. The summed E-state index contributed by atoms with van der Waals surface area (Å²) < 4.78 is 0.